The van der Waals surface area contributed by atoms with E-state index in [4.69, 9.17) is 4.74 Å². The first-order valence-corrected chi connectivity index (χ1v) is 10.7. The number of aliphatic hydroxyl groups excluding tert-OH is 1. The molecule has 0 saturated carbocycles. The smallest absolute Gasteiger partial charge is 0.407 e. The number of benzene rings is 2. The minimum atomic E-state index is -0.536. The van der Waals surface area contributed by atoms with Crippen molar-refractivity contribution in [2.75, 3.05) is 13.2 Å². The van der Waals surface area contributed by atoms with Crippen molar-refractivity contribution in [3.8, 4) is 0 Å². The second kappa shape index (κ2) is 11.7. The van der Waals surface area contributed by atoms with Crippen molar-refractivity contribution in [2.24, 2.45) is 0 Å². The first-order chi connectivity index (χ1) is 14.3. The molecule has 3 atom stereocenters. The van der Waals surface area contributed by atoms with Crippen LogP contribution in [-0.2, 0) is 11.2 Å². The van der Waals surface area contributed by atoms with Crippen LogP contribution in [0, 0.1) is 0 Å². The lowest BCUT2D eigenvalue weighted by Crippen LogP contribution is -2.51. The highest BCUT2D eigenvalue weighted by Gasteiger charge is 2.24. The molecule has 3 N–H and O–H groups in total. The topological polar surface area (TPSA) is 70.6 Å². The molecule has 0 aliphatic rings. The number of amides is 1. The number of alkyl carbamates (subject to hydrolysis) is 1. The Morgan fingerprint density at radius 1 is 1.03 bits per heavy atom. The van der Waals surface area contributed by atoms with Gasteiger partial charge in [-0.3, -0.25) is 0 Å². The Labute approximate surface area is 180 Å². The number of aliphatic hydroxyl groups is 1. The zero-order chi connectivity index (χ0) is 22.0. The fraction of sp³-hybridized carbons (Fsp3) is 0.480. The first kappa shape index (κ1) is 23.9. The van der Waals surface area contributed by atoms with Gasteiger partial charge in [0, 0.05) is 25.2 Å². The average molecular weight is 413 g/mol. The molecular formula is C25H36N2O3. The van der Waals surface area contributed by atoms with E-state index >= 15 is 0 Å². The molecule has 164 valence electrons. The Kier molecular flexibility index (Phi) is 9.34. The SMILES string of the molecule is C[C@H](NC(=O)OC(C)(C)C)[C@H](Cc1ccccc1)NC[C@H](CCO)c1ccccc1. The van der Waals surface area contributed by atoms with E-state index in [1.54, 1.807) is 0 Å². The van der Waals surface area contributed by atoms with Crippen LogP contribution in [0.15, 0.2) is 60.7 Å². The maximum absolute atomic E-state index is 12.3. The van der Waals surface area contributed by atoms with Crippen molar-refractivity contribution in [3.05, 3.63) is 71.8 Å². The van der Waals surface area contributed by atoms with Crippen LogP contribution in [-0.4, -0.2) is 42.0 Å². The number of ether oxygens (including phenoxy) is 1. The van der Waals surface area contributed by atoms with Crippen molar-refractivity contribution in [1.29, 1.82) is 0 Å². The summed E-state index contributed by atoms with van der Waals surface area (Å²) in [5.74, 6) is 0.197. The van der Waals surface area contributed by atoms with Gasteiger partial charge in [-0.2, -0.15) is 0 Å². The largest absolute Gasteiger partial charge is 0.444 e. The van der Waals surface area contributed by atoms with Gasteiger partial charge in [-0.05, 0) is 57.6 Å². The summed E-state index contributed by atoms with van der Waals surface area (Å²) >= 11 is 0. The summed E-state index contributed by atoms with van der Waals surface area (Å²) in [5.41, 5.74) is 1.86. The van der Waals surface area contributed by atoms with E-state index in [1.165, 1.54) is 11.1 Å². The predicted octanol–water partition coefficient (Wildman–Crippen LogP) is 4.27. The van der Waals surface area contributed by atoms with Gasteiger partial charge in [-0.15, -0.1) is 0 Å². The van der Waals surface area contributed by atoms with Crippen LogP contribution >= 0.6 is 0 Å². The molecule has 0 aliphatic heterocycles. The van der Waals surface area contributed by atoms with Gasteiger partial charge in [0.1, 0.15) is 5.60 Å². The summed E-state index contributed by atoms with van der Waals surface area (Å²) < 4.78 is 5.43. The van der Waals surface area contributed by atoms with E-state index in [1.807, 2.05) is 64.1 Å². The van der Waals surface area contributed by atoms with E-state index in [9.17, 15) is 9.90 Å². The molecule has 5 heteroatoms. The molecule has 5 nitrogen and oxygen atoms in total. The van der Waals surface area contributed by atoms with E-state index in [0.717, 1.165) is 6.42 Å². The molecule has 0 aliphatic carbocycles. The average Bonchev–Trinajstić information content (AvgIpc) is 2.70. The summed E-state index contributed by atoms with van der Waals surface area (Å²) in [4.78, 5) is 12.3. The fourth-order valence-electron chi connectivity index (χ4n) is 3.45. The monoisotopic (exact) mass is 412 g/mol. The van der Waals surface area contributed by atoms with Crippen LogP contribution in [0.3, 0.4) is 0 Å². The van der Waals surface area contributed by atoms with E-state index in [0.29, 0.717) is 13.0 Å². The van der Waals surface area contributed by atoms with Crippen LogP contribution in [0.2, 0.25) is 0 Å². The Hall–Kier alpha value is -2.37. The van der Waals surface area contributed by atoms with Crippen molar-refractivity contribution in [2.45, 2.75) is 64.1 Å². The summed E-state index contributed by atoms with van der Waals surface area (Å²) in [6.45, 7) is 8.41. The molecule has 0 spiro atoms. The number of rotatable bonds is 10. The maximum atomic E-state index is 12.3. The molecule has 2 rings (SSSR count). The highest BCUT2D eigenvalue weighted by Crippen LogP contribution is 2.19. The van der Waals surface area contributed by atoms with Gasteiger partial charge in [0.05, 0.1) is 0 Å². The molecule has 0 fully saturated rings. The first-order valence-electron chi connectivity index (χ1n) is 10.7. The zero-order valence-corrected chi connectivity index (χ0v) is 18.6. The molecule has 0 radical (unpaired) electrons. The molecule has 0 aromatic heterocycles. The quantitative estimate of drug-likeness (QED) is 0.545. The van der Waals surface area contributed by atoms with Gasteiger partial charge in [0.15, 0.2) is 0 Å². The lowest BCUT2D eigenvalue weighted by Gasteiger charge is -2.29. The van der Waals surface area contributed by atoms with Gasteiger partial charge in [-0.25, -0.2) is 4.79 Å². The van der Waals surface area contributed by atoms with Crippen molar-refractivity contribution in [3.63, 3.8) is 0 Å². The third kappa shape index (κ3) is 8.56. The van der Waals surface area contributed by atoms with E-state index in [2.05, 4.69) is 34.9 Å². The summed E-state index contributed by atoms with van der Waals surface area (Å²) in [6.07, 6.45) is 1.05. The van der Waals surface area contributed by atoms with Crippen LogP contribution in [0.25, 0.3) is 0 Å². The standard InChI is InChI=1S/C25H36N2O3/c1-19(27-24(29)30-25(2,3)4)23(17-20-11-7-5-8-12-20)26-18-22(15-16-28)21-13-9-6-10-14-21/h5-14,19,22-23,26,28H,15-18H2,1-4H3,(H,27,29)/t19-,22-,23-/m0/s1. The molecule has 1 amide bonds. The number of hydrogen-bond donors (Lipinski definition) is 3. The van der Waals surface area contributed by atoms with Crippen molar-refractivity contribution in [1.82, 2.24) is 10.6 Å². The minimum absolute atomic E-state index is 0.0184. The van der Waals surface area contributed by atoms with Gasteiger partial charge >= 0.3 is 6.09 Å². The van der Waals surface area contributed by atoms with Gasteiger partial charge in [-0.1, -0.05) is 60.7 Å². The maximum Gasteiger partial charge on any atom is 0.407 e. The van der Waals surface area contributed by atoms with Crippen LogP contribution < -0.4 is 10.6 Å². The van der Waals surface area contributed by atoms with Crippen molar-refractivity contribution < 1.29 is 14.6 Å². The molecule has 2 aromatic carbocycles. The van der Waals surface area contributed by atoms with Gasteiger partial charge in [0.2, 0.25) is 0 Å². The molecular weight excluding hydrogens is 376 g/mol. The lowest BCUT2D eigenvalue weighted by atomic mass is 9.94. The summed E-state index contributed by atoms with van der Waals surface area (Å²) in [6, 6.07) is 20.4. The Balaban J connectivity index is 2.09. The predicted molar refractivity (Wildman–Crippen MR) is 122 cm³/mol. The minimum Gasteiger partial charge on any atom is -0.444 e. The molecule has 0 heterocycles. The lowest BCUT2D eigenvalue weighted by molar-refractivity contribution is 0.0497. The number of carbonyl (C=O) groups excluding carboxylic acids is 1. The van der Waals surface area contributed by atoms with Gasteiger partial charge < -0.3 is 20.5 Å². The van der Waals surface area contributed by atoms with E-state index < -0.39 is 11.7 Å². The third-order valence-electron chi connectivity index (χ3n) is 5.02. The molecule has 0 unspecified atom stereocenters. The second-order valence-corrected chi connectivity index (χ2v) is 8.76. The zero-order valence-electron chi connectivity index (χ0n) is 18.6. The third-order valence-corrected chi connectivity index (χ3v) is 5.02. The molecule has 0 saturated heterocycles. The molecule has 0 bridgehead atoms. The number of hydrogen-bond acceptors (Lipinski definition) is 4. The highest BCUT2D eigenvalue weighted by molar-refractivity contribution is 5.68. The Morgan fingerprint density at radius 3 is 2.20 bits per heavy atom. The van der Waals surface area contributed by atoms with Crippen LogP contribution in [0.4, 0.5) is 4.79 Å². The summed E-state index contributed by atoms with van der Waals surface area (Å²) in [5, 5.41) is 16.2. The number of nitrogens with one attached hydrogen (secondary N) is 2. The normalized spacial score (nSPS) is 14.6. The second-order valence-electron chi connectivity index (χ2n) is 8.76. The fourth-order valence-corrected chi connectivity index (χ4v) is 3.45. The van der Waals surface area contributed by atoms with Gasteiger partial charge in [0.25, 0.3) is 0 Å². The molecule has 30 heavy (non-hydrogen) atoms. The van der Waals surface area contributed by atoms with E-state index in [-0.39, 0.29) is 24.6 Å². The van der Waals surface area contributed by atoms with Crippen LogP contribution in [0.1, 0.15) is 51.2 Å². The number of carbonyl (C=O) groups is 1. The summed E-state index contributed by atoms with van der Waals surface area (Å²) in [7, 11) is 0. The van der Waals surface area contributed by atoms with Crippen molar-refractivity contribution >= 4 is 6.09 Å². The highest BCUT2D eigenvalue weighted by atomic mass is 16.6. The Morgan fingerprint density at radius 2 is 1.63 bits per heavy atom. The molecule has 2 aromatic rings. The Bertz CT molecular complexity index is 744. The van der Waals surface area contributed by atoms with Crippen LogP contribution in [0.5, 0.6) is 0 Å².